The molecule has 6 nitrogen and oxygen atoms in total. The first-order chi connectivity index (χ1) is 14.8. The van der Waals surface area contributed by atoms with Gasteiger partial charge in [-0.15, -0.1) is 0 Å². The van der Waals surface area contributed by atoms with Crippen molar-refractivity contribution >= 4 is 34.4 Å². The molecule has 0 saturated carbocycles. The monoisotopic (exact) mass is 435 g/mol. The van der Waals surface area contributed by atoms with Gasteiger partial charge < -0.3 is 5.32 Å². The van der Waals surface area contributed by atoms with Crippen molar-refractivity contribution < 1.29 is 9.18 Å². The Kier molecular flexibility index (Phi) is 5.73. The molecule has 2 heterocycles. The van der Waals surface area contributed by atoms with E-state index in [2.05, 4.69) is 32.5 Å². The minimum Gasteiger partial charge on any atom is -0.325 e. The second-order valence-corrected chi connectivity index (χ2v) is 8.80. The van der Waals surface area contributed by atoms with Gasteiger partial charge in [-0.05, 0) is 63.1 Å². The van der Waals surface area contributed by atoms with Crippen LogP contribution in [0, 0.1) is 26.6 Å². The molecular weight excluding hydrogens is 413 g/mol. The van der Waals surface area contributed by atoms with Gasteiger partial charge in [0.2, 0.25) is 5.91 Å². The molecule has 0 radical (unpaired) electrons. The molecule has 2 aromatic heterocycles. The molecule has 1 unspecified atom stereocenters. The zero-order valence-corrected chi connectivity index (χ0v) is 18.5. The average Bonchev–Trinajstić information content (AvgIpc) is 3.16. The third-order valence-electron chi connectivity index (χ3n) is 4.98. The fourth-order valence-electron chi connectivity index (χ4n) is 3.51. The Morgan fingerprint density at radius 3 is 2.45 bits per heavy atom. The number of carbonyl (C=O) groups excluding carboxylic acids is 1. The molecule has 0 fully saturated rings. The molecule has 0 saturated heterocycles. The number of hydrogen-bond acceptors (Lipinski definition) is 5. The summed E-state index contributed by atoms with van der Waals surface area (Å²) in [6, 6.07) is 10.1. The van der Waals surface area contributed by atoms with Crippen LogP contribution in [-0.4, -0.2) is 30.9 Å². The summed E-state index contributed by atoms with van der Waals surface area (Å²) in [5.74, 6) is -0.414. The third-order valence-corrected chi connectivity index (χ3v) is 6.10. The maximum Gasteiger partial charge on any atom is 0.237 e. The van der Waals surface area contributed by atoms with E-state index in [0.717, 1.165) is 27.8 Å². The highest BCUT2D eigenvalue weighted by Gasteiger charge is 2.20. The van der Waals surface area contributed by atoms with Crippen molar-refractivity contribution in [1.29, 1.82) is 0 Å². The summed E-state index contributed by atoms with van der Waals surface area (Å²) in [6.45, 7) is 7.87. The number of carbonyl (C=O) groups is 1. The van der Waals surface area contributed by atoms with Gasteiger partial charge >= 0.3 is 0 Å². The standard InChI is InChI=1S/C23H22FN5OS/c1-13-9-14(2)20(15(3)10-13)28-22(30)16(4)31-23-19-11-27-29(21(19)25-12-26-23)18-7-5-17(24)6-8-18/h5-12,16H,1-4H3,(H,28,30). The fraction of sp³-hybridized carbons (Fsp3) is 0.217. The summed E-state index contributed by atoms with van der Waals surface area (Å²) in [6.07, 6.45) is 3.12. The number of anilines is 1. The van der Waals surface area contributed by atoms with Gasteiger partial charge in [0.25, 0.3) is 0 Å². The molecule has 158 valence electrons. The van der Waals surface area contributed by atoms with E-state index in [0.29, 0.717) is 16.4 Å². The van der Waals surface area contributed by atoms with Crippen molar-refractivity contribution in [1.82, 2.24) is 19.7 Å². The molecule has 31 heavy (non-hydrogen) atoms. The Morgan fingerprint density at radius 1 is 1.10 bits per heavy atom. The van der Waals surface area contributed by atoms with Crippen LogP contribution in [-0.2, 0) is 4.79 Å². The van der Waals surface area contributed by atoms with E-state index in [1.807, 2.05) is 27.7 Å². The van der Waals surface area contributed by atoms with Crippen LogP contribution in [0.3, 0.4) is 0 Å². The number of amides is 1. The first kappa shape index (κ1) is 21.0. The van der Waals surface area contributed by atoms with Gasteiger partial charge in [-0.1, -0.05) is 29.5 Å². The molecule has 4 aromatic rings. The van der Waals surface area contributed by atoms with Crippen molar-refractivity contribution in [3.05, 3.63) is 71.4 Å². The van der Waals surface area contributed by atoms with E-state index in [9.17, 15) is 9.18 Å². The molecule has 1 N–H and O–H groups in total. The number of hydrogen-bond donors (Lipinski definition) is 1. The fourth-order valence-corrected chi connectivity index (χ4v) is 4.39. The molecule has 1 atom stereocenters. The van der Waals surface area contributed by atoms with E-state index in [1.54, 1.807) is 23.0 Å². The van der Waals surface area contributed by atoms with Crippen molar-refractivity contribution in [2.45, 2.75) is 38.0 Å². The second kappa shape index (κ2) is 8.47. The number of nitrogens with one attached hydrogen (secondary N) is 1. The van der Waals surface area contributed by atoms with Crippen LogP contribution in [0.4, 0.5) is 10.1 Å². The molecule has 0 aliphatic rings. The van der Waals surface area contributed by atoms with Crippen LogP contribution in [0.1, 0.15) is 23.6 Å². The average molecular weight is 436 g/mol. The first-order valence-electron chi connectivity index (χ1n) is 9.83. The Balaban J connectivity index is 1.57. The van der Waals surface area contributed by atoms with Crippen LogP contribution in [0.5, 0.6) is 0 Å². The highest BCUT2D eigenvalue weighted by Crippen LogP contribution is 2.30. The predicted octanol–water partition coefficient (Wildman–Crippen LogP) is 5.00. The van der Waals surface area contributed by atoms with Crippen molar-refractivity contribution in [3.63, 3.8) is 0 Å². The summed E-state index contributed by atoms with van der Waals surface area (Å²) in [7, 11) is 0. The molecule has 0 bridgehead atoms. The number of aromatic nitrogens is 4. The smallest absolute Gasteiger partial charge is 0.237 e. The topological polar surface area (TPSA) is 72.7 Å². The number of fused-ring (bicyclic) bond motifs is 1. The zero-order chi connectivity index (χ0) is 22.1. The van der Waals surface area contributed by atoms with E-state index < -0.39 is 0 Å². The first-order valence-corrected chi connectivity index (χ1v) is 10.7. The van der Waals surface area contributed by atoms with Gasteiger partial charge in [-0.3, -0.25) is 4.79 Å². The Morgan fingerprint density at radius 2 is 1.77 bits per heavy atom. The summed E-state index contributed by atoms with van der Waals surface area (Å²) in [4.78, 5) is 21.6. The quantitative estimate of drug-likeness (QED) is 0.353. The molecule has 4 rings (SSSR count). The summed E-state index contributed by atoms with van der Waals surface area (Å²) < 4.78 is 14.9. The molecule has 0 aliphatic carbocycles. The van der Waals surface area contributed by atoms with Gasteiger partial charge in [0.15, 0.2) is 5.65 Å². The highest BCUT2D eigenvalue weighted by molar-refractivity contribution is 8.00. The van der Waals surface area contributed by atoms with Crippen LogP contribution in [0.25, 0.3) is 16.7 Å². The maximum atomic E-state index is 13.3. The summed E-state index contributed by atoms with van der Waals surface area (Å²) >= 11 is 1.35. The molecule has 0 spiro atoms. The largest absolute Gasteiger partial charge is 0.325 e. The molecule has 1 amide bonds. The second-order valence-electron chi connectivity index (χ2n) is 7.47. The van der Waals surface area contributed by atoms with Crippen molar-refractivity contribution in [2.75, 3.05) is 5.32 Å². The molecule has 0 aliphatic heterocycles. The van der Waals surface area contributed by atoms with Gasteiger partial charge in [0.05, 0.1) is 22.5 Å². The normalized spacial score (nSPS) is 12.2. The lowest BCUT2D eigenvalue weighted by molar-refractivity contribution is -0.115. The van der Waals surface area contributed by atoms with Crippen LogP contribution in [0.15, 0.2) is 53.9 Å². The van der Waals surface area contributed by atoms with Gasteiger partial charge in [-0.25, -0.2) is 19.0 Å². The maximum absolute atomic E-state index is 13.3. The van der Waals surface area contributed by atoms with Crippen molar-refractivity contribution in [3.8, 4) is 5.69 Å². The summed E-state index contributed by atoms with van der Waals surface area (Å²) in [5.41, 5.74) is 5.38. The Bertz CT molecular complexity index is 1250. The SMILES string of the molecule is Cc1cc(C)c(NC(=O)C(C)Sc2ncnc3c2cnn3-c2ccc(F)cc2)c(C)c1. The van der Waals surface area contributed by atoms with E-state index >= 15 is 0 Å². The number of thioether (sulfide) groups is 1. The van der Waals surface area contributed by atoms with Gasteiger partial charge in [0.1, 0.15) is 17.2 Å². The predicted molar refractivity (Wildman–Crippen MR) is 121 cm³/mol. The number of rotatable bonds is 5. The van der Waals surface area contributed by atoms with Crippen LogP contribution in [0.2, 0.25) is 0 Å². The van der Waals surface area contributed by atoms with E-state index in [-0.39, 0.29) is 17.0 Å². The summed E-state index contributed by atoms with van der Waals surface area (Å²) in [5, 5.41) is 8.45. The highest BCUT2D eigenvalue weighted by atomic mass is 32.2. The van der Waals surface area contributed by atoms with Gasteiger partial charge in [-0.2, -0.15) is 5.10 Å². The zero-order valence-electron chi connectivity index (χ0n) is 17.7. The number of halogens is 1. The third kappa shape index (κ3) is 4.29. The minimum atomic E-state index is -0.382. The van der Waals surface area contributed by atoms with Crippen molar-refractivity contribution in [2.24, 2.45) is 0 Å². The lowest BCUT2D eigenvalue weighted by Gasteiger charge is -2.16. The van der Waals surface area contributed by atoms with Crippen LogP contribution >= 0.6 is 11.8 Å². The van der Waals surface area contributed by atoms with E-state index in [1.165, 1.54) is 30.2 Å². The Hall–Kier alpha value is -3.26. The lowest BCUT2D eigenvalue weighted by atomic mass is 10.1. The molecule has 8 heteroatoms. The van der Waals surface area contributed by atoms with Crippen LogP contribution < -0.4 is 5.32 Å². The number of benzene rings is 2. The van der Waals surface area contributed by atoms with Gasteiger partial charge in [0, 0.05) is 5.69 Å². The van der Waals surface area contributed by atoms with E-state index in [4.69, 9.17) is 0 Å². The lowest BCUT2D eigenvalue weighted by Crippen LogP contribution is -2.23. The number of aryl methyl sites for hydroxylation is 3. The Labute approximate surface area is 183 Å². The molecular formula is C23H22FN5OS. The molecule has 2 aromatic carbocycles. The minimum absolute atomic E-state index is 0.0993. The number of nitrogens with zero attached hydrogens (tertiary/aromatic N) is 4.